The smallest absolute Gasteiger partial charge is 0.180 e. The Kier molecular flexibility index (Phi) is 6.28. The van der Waals surface area contributed by atoms with Gasteiger partial charge in [-0.2, -0.15) is 0 Å². The third-order valence-electron chi connectivity index (χ3n) is 5.69. The predicted molar refractivity (Wildman–Crippen MR) is 130 cm³/mol. The van der Waals surface area contributed by atoms with Crippen LogP contribution in [0.2, 0.25) is 0 Å². The lowest BCUT2D eigenvalue weighted by Gasteiger charge is -2.11. The molecule has 2 aromatic carbocycles. The first-order valence-corrected chi connectivity index (χ1v) is 11.3. The lowest BCUT2D eigenvalue weighted by molar-refractivity contribution is 0.291. The molecule has 0 amide bonds. The van der Waals surface area contributed by atoms with Crippen molar-refractivity contribution in [2.45, 2.75) is 27.0 Å². The van der Waals surface area contributed by atoms with Crippen LogP contribution in [0.15, 0.2) is 67.0 Å². The van der Waals surface area contributed by atoms with Crippen molar-refractivity contribution in [1.82, 2.24) is 19.4 Å². The molecule has 0 fully saturated rings. The fourth-order valence-corrected chi connectivity index (χ4v) is 3.94. The van der Waals surface area contributed by atoms with E-state index >= 15 is 0 Å². The molecule has 0 radical (unpaired) electrons. The first-order valence-electron chi connectivity index (χ1n) is 11.3. The molecule has 3 aromatic heterocycles. The van der Waals surface area contributed by atoms with E-state index in [1.165, 1.54) is 0 Å². The van der Waals surface area contributed by atoms with Crippen molar-refractivity contribution in [3.8, 4) is 17.3 Å². The fraction of sp³-hybridized carbons (Fsp3) is 0.148. The molecule has 0 saturated carbocycles. The zero-order valence-electron chi connectivity index (χ0n) is 19.6. The predicted octanol–water partition coefficient (Wildman–Crippen LogP) is 6.02. The quantitative estimate of drug-likeness (QED) is 0.284. The minimum Gasteiger partial charge on any atom is -0.485 e. The monoisotopic (exact) mass is 489 g/mol. The third-order valence-corrected chi connectivity index (χ3v) is 5.69. The maximum absolute atomic E-state index is 14.1. The van der Waals surface area contributed by atoms with Gasteiger partial charge in [0.1, 0.15) is 23.9 Å². The molecule has 0 saturated heterocycles. The minimum absolute atomic E-state index is 0.297. The number of nitrogens with one attached hydrogen (secondary N) is 1. The van der Waals surface area contributed by atoms with Gasteiger partial charge in [0, 0.05) is 18.9 Å². The number of pyridine rings is 1. The van der Waals surface area contributed by atoms with Crippen LogP contribution in [0.25, 0.3) is 17.2 Å². The molecule has 5 aromatic rings. The number of anilines is 1. The van der Waals surface area contributed by atoms with Crippen LogP contribution >= 0.6 is 0 Å². The molecule has 0 spiro atoms. The summed E-state index contributed by atoms with van der Waals surface area (Å²) in [6.45, 7) is 3.78. The van der Waals surface area contributed by atoms with E-state index in [-0.39, 0.29) is 0 Å². The van der Waals surface area contributed by atoms with E-state index in [4.69, 9.17) is 4.74 Å². The van der Waals surface area contributed by atoms with Gasteiger partial charge in [-0.3, -0.25) is 4.40 Å². The van der Waals surface area contributed by atoms with E-state index in [2.05, 4.69) is 20.3 Å². The van der Waals surface area contributed by atoms with E-state index < -0.39 is 29.6 Å². The first-order chi connectivity index (χ1) is 17.4. The first kappa shape index (κ1) is 23.3. The van der Waals surface area contributed by atoms with Crippen molar-refractivity contribution < 1.29 is 17.9 Å². The van der Waals surface area contributed by atoms with E-state index in [9.17, 15) is 13.2 Å². The van der Waals surface area contributed by atoms with Crippen LogP contribution in [-0.2, 0) is 13.2 Å². The Morgan fingerprint density at radius 2 is 1.72 bits per heavy atom. The van der Waals surface area contributed by atoms with Crippen molar-refractivity contribution >= 4 is 11.5 Å². The van der Waals surface area contributed by atoms with Gasteiger partial charge in [0.15, 0.2) is 28.9 Å². The number of fused-ring (bicyclic) bond motifs is 1. The normalized spacial score (nSPS) is 11.1. The van der Waals surface area contributed by atoms with Crippen LogP contribution < -0.4 is 10.1 Å². The number of rotatable bonds is 7. The van der Waals surface area contributed by atoms with Crippen LogP contribution in [0.4, 0.5) is 19.0 Å². The highest BCUT2D eigenvalue weighted by Gasteiger charge is 2.19. The second kappa shape index (κ2) is 9.69. The number of imidazole rings is 1. The van der Waals surface area contributed by atoms with Crippen LogP contribution in [0.5, 0.6) is 5.75 Å². The molecule has 0 aliphatic rings. The lowest BCUT2D eigenvalue weighted by atomic mass is 10.2. The number of aryl methyl sites for hydroxylation is 2. The Morgan fingerprint density at radius 3 is 2.53 bits per heavy atom. The summed E-state index contributed by atoms with van der Waals surface area (Å²) in [4.78, 5) is 13.7. The summed E-state index contributed by atoms with van der Waals surface area (Å²) in [6, 6.07) is 15.1. The Morgan fingerprint density at radius 1 is 0.944 bits per heavy atom. The molecule has 0 aliphatic heterocycles. The van der Waals surface area contributed by atoms with Gasteiger partial charge in [-0.05, 0) is 49.2 Å². The fourth-order valence-electron chi connectivity index (χ4n) is 3.94. The number of ether oxygens (including phenoxy) is 1. The van der Waals surface area contributed by atoms with Gasteiger partial charge in [-0.25, -0.2) is 28.1 Å². The standard InChI is InChI=1S/C27H22F3N5O/c1-16-12-22(36-15-19-20(28)8-9-21(29)24(19)30)27-33-17(2)25(35(27)14-16)26-31-11-10-23(34-26)32-13-18-6-4-3-5-7-18/h3-12,14H,13,15H2,1-2H3,(H,31,32,34). The van der Waals surface area contributed by atoms with E-state index in [0.717, 1.165) is 23.3 Å². The van der Waals surface area contributed by atoms with Crippen LogP contribution in [-0.4, -0.2) is 19.4 Å². The van der Waals surface area contributed by atoms with Gasteiger partial charge in [0.05, 0.1) is 11.3 Å². The molecule has 0 unspecified atom stereocenters. The van der Waals surface area contributed by atoms with Gasteiger partial charge in [-0.1, -0.05) is 30.3 Å². The number of benzene rings is 2. The average Bonchev–Trinajstić information content (AvgIpc) is 3.21. The van der Waals surface area contributed by atoms with Crippen molar-refractivity contribution in [3.05, 3.63) is 107 Å². The molecule has 36 heavy (non-hydrogen) atoms. The molecular formula is C27H22F3N5O. The molecule has 3 heterocycles. The van der Waals surface area contributed by atoms with E-state index in [0.29, 0.717) is 41.0 Å². The second-order valence-electron chi connectivity index (χ2n) is 8.34. The van der Waals surface area contributed by atoms with Gasteiger partial charge < -0.3 is 10.1 Å². The number of nitrogens with zero attached hydrogens (tertiary/aromatic N) is 4. The van der Waals surface area contributed by atoms with Crippen molar-refractivity contribution in [2.24, 2.45) is 0 Å². The third kappa shape index (κ3) is 4.59. The molecule has 182 valence electrons. The molecule has 0 bridgehead atoms. The minimum atomic E-state index is -1.27. The summed E-state index contributed by atoms with van der Waals surface area (Å²) >= 11 is 0. The zero-order chi connectivity index (χ0) is 25.2. The maximum Gasteiger partial charge on any atom is 0.180 e. The highest BCUT2D eigenvalue weighted by Crippen LogP contribution is 2.30. The van der Waals surface area contributed by atoms with Crippen molar-refractivity contribution in [1.29, 1.82) is 0 Å². The number of hydrogen-bond acceptors (Lipinski definition) is 5. The number of hydrogen-bond donors (Lipinski definition) is 1. The Labute approximate surface area is 205 Å². The van der Waals surface area contributed by atoms with E-state index in [1.54, 1.807) is 22.7 Å². The zero-order valence-corrected chi connectivity index (χ0v) is 19.6. The highest BCUT2D eigenvalue weighted by molar-refractivity contribution is 5.67. The van der Waals surface area contributed by atoms with Gasteiger partial charge in [-0.15, -0.1) is 0 Å². The van der Waals surface area contributed by atoms with Crippen molar-refractivity contribution in [2.75, 3.05) is 5.32 Å². The molecule has 0 aliphatic carbocycles. The summed E-state index contributed by atoms with van der Waals surface area (Å²) in [5.74, 6) is -1.89. The number of aromatic nitrogens is 4. The maximum atomic E-state index is 14.1. The summed E-state index contributed by atoms with van der Waals surface area (Å²) in [7, 11) is 0. The van der Waals surface area contributed by atoms with Crippen LogP contribution in [0.1, 0.15) is 22.4 Å². The topological polar surface area (TPSA) is 64.3 Å². The Balaban J connectivity index is 1.47. The summed E-state index contributed by atoms with van der Waals surface area (Å²) in [5.41, 5.74) is 3.18. The van der Waals surface area contributed by atoms with Gasteiger partial charge >= 0.3 is 0 Å². The average molecular weight is 490 g/mol. The largest absolute Gasteiger partial charge is 0.485 e. The molecule has 9 heteroatoms. The molecule has 0 atom stereocenters. The summed E-state index contributed by atoms with van der Waals surface area (Å²) in [5, 5.41) is 3.30. The Hall–Kier alpha value is -4.40. The number of halogens is 3. The molecule has 1 N–H and O–H groups in total. The Bertz CT molecular complexity index is 1550. The highest BCUT2D eigenvalue weighted by atomic mass is 19.2. The van der Waals surface area contributed by atoms with Crippen LogP contribution in [0, 0.1) is 31.3 Å². The molecular weight excluding hydrogens is 467 g/mol. The second-order valence-corrected chi connectivity index (χ2v) is 8.34. The lowest BCUT2D eigenvalue weighted by Crippen LogP contribution is -2.06. The van der Waals surface area contributed by atoms with Gasteiger partial charge in [0.25, 0.3) is 0 Å². The summed E-state index contributed by atoms with van der Waals surface area (Å²) in [6.07, 6.45) is 3.52. The molecule has 6 nitrogen and oxygen atoms in total. The van der Waals surface area contributed by atoms with Crippen LogP contribution in [0.3, 0.4) is 0 Å². The molecule has 5 rings (SSSR count). The SMILES string of the molecule is Cc1cc(OCc2c(F)ccc(F)c2F)c2nc(C)c(-c3nccc(NCc4ccccc4)n3)n2c1. The van der Waals surface area contributed by atoms with Gasteiger partial charge in [0.2, 0.25) is 0 Å². The van der Waals surface area contributed by atoms with E-state index in [1.807, 2.05) is 50.4 Å². The summed E-state index contributed by atoms with van der Waals surface area (Å²) < 4.78 is 49.3. The van der Waals surface area contributed by atoms with Crippen molar-refractivity contribution in [3.63, 3.8) is 0 Å².